The molecule has 4 aromatic rings. The Hall–Kier alpha value is -4.51. The number of aryl methyl sites for hydroxylation is 1. The van der Waals surface area contributed by atoms with Crippen molar-refractivity contribution in [2.45, 2.75) is 56.5 Å². The van der Waals surface area contributed by atoms with E-state index in [0.29, 0.717) is 29.7 Å². The second-order valence-electron chi connectivity index (χ2n) is 11.4. The maximum Gasteiger partial charge on any atom is 0.255 e. The Kier molecular flexibility index (Phi) is 7.75. The number of carbonyl (C=O) groups is 3. The summed E-state index contributed by atoms with van der Waals surface area (Å²) in [6, 6.07) is 36.4. The fourth-order valence-electron chi connectivity index (χ4n) is 7.21. The molecule has 0 bridgehead atoms. The number of Topliss-reactive ketones (excluding diaryl/α,β-unsaturated/α-hetero) is 1. The van der Waals surface area contributed by atoms with Crippen molar-refractivity contribution < 1.29 is 14.4 Å². The minimum atomic E-state index is -1.46. The lowest BCUT2D eigenvalue weighted by molar-refractivity contribution is -0.146. The number of amides is 2. The van der Waals surface area contributed by atoms with Gasteiger partial charge in [-0.15, -0.1) is 0 Å². The quantitative estimate of drug-likeness (QED) is 0.223. The highest BCUT2D eigenvalue weighted by Crippen LogP contribution is 2.60. The fourth-order valence-corrected chi connectivity index (χ4v) is 7.21. The summed E-state index contributed by atoms with van der Waals surface area (Å²) in [4.78, 5) is 45.8. The van der Waals surface area contributed by atoms with E-state index in [9.17, 15) is 14.4 Å². The molecule has 0 saturated carbocycles. The third-order valence-corrected chi connectivity index (χ3v) is 8.99. The average Bonchev–Trinajstić information content (AvgIpc) is 3.51. The molecule has 2 aliphatic rings. The van der Waals surface area contributed by atoms with Gasteiger partial charge < -0.3 is 10.2 Å². The summed E-state index contributed by atoms with van der Waals surface area (Å²) in [6.07, 6.45) is 3.32. The predicted molar refractivity (Wildman–Crippen MR) is 165 cm³/mol. The standard InChI is InChI=1S/C37H36N2O3/c1-2-3-23-31-33(27-17-9-5-10-18-27)34(35(41)28-19-11-6-12-20-28)37(29-21-13-14-22-30(29)38-36(37)42)39(31)32(40)25-24-26-15-7-4-8-16-26/h4-22,31,33-34H,2-3,23-25H2,1H3,(H,38,42). The number of hydrogen-bond donors (Lipinski definition) is 1. The van der Waals surface area contributed by atoms with Gasteiger partial charge in [0.2, 0.25) is 5.91 Å². The van der Waals surface area contributed by atoms with Crippen LogP contribution in [0.3, 0.4) is 0 Å². The van der Waals surface area contributed by atoms with Gasteiger partial charge in [0, 0.05) is 35.2 Å². The molecule has 0 radical (unpaired) electrons. The van der Waals surface area contributed by atoms with Gasteiger partial charge in [-0.05, 0) is 30.0 Å². The van der Waals surface area contributed by atoms with Gasteiger partial charge in [-0.3, -0.25) is 14.4 Å². The summed E-state index contributed by atoms with van der Waals surface area (Å²) < 4.78 is 0. The number of unbranched alkanes of at least 4 members (excludes halogenated alkanes) is 1. The van der Waals surface area contributed by atoms with Crippen LogP contribution in [0, 0.1) is 5.92 Å². The third-order valence-electron chi connectivity index (χ3n) is 8.99. The molecule has 5 nitrogen and oxygen atoms in total. The highest BCUT2D eigenvalue weighted by atomic mass is 16.2. The first kappa shape index (κ1) is 27.6. The van der Waals surface area contributed by atoms with Crippen molar-refractivity contribution in [2.24, 2.45) is 5.92 Å². The van der Waals surface area contributed by atoms with E-state index in [1.54, 1.807) is 0 Å². The molecule has 4 unspecified atom stereocenters. The molecule has 1 N–H and O–H groups in total. The first-order chi connectivity index (χ1) is 20.6. The van der Waals surface area contributed by atoms with E-state index >= 15 is 0 Å². The van der Waals surface area contributed by atoms with E-state index in [0.717, 1.165) is 24.0 Å². The number of benzene rings is 4. The van der Waals surface area contributed by atoms with E-state index in [2.05, 4.69) is 12.2 Å². The predicted octanol–water partition coefficient (Wildman–Crippen LogP) is 7.15. The van der Waals surface area contributed by atoms with Crippen molar-refractivity contribution in [1.82, 2.24) is 4.90 Å². The Morgan fingerprint density at radius 2 is 1.43 bits per heavy atom. The molecule has 0 aromatic heterocycles. The second kappa shape index (κ2) is 11.8. The van der Waals surface area contributed by atoms with Crippen molar-refractivity contribution in [1.29, 1.82) is 0 Å². The van der Waals surface area contributed by atoms with Crippen molar-refractivity contribution >= 4 is 23.3 Å². The lowest BCUT2D eigenvalue weighted by Gasteiger charge is -2.39. The van der Waals surface area contributed by atoms with Gasteiger partial charge in [0.1, 0.15) is 0 Å². The van der Waals surface area contributed by atoms with Crippen molar-refractivity contribution in [3.63, 3.8) is 0 Å². The highest BCUT2D eigenvalue weighted by Gasteiger charge is 2.69. The summed E-state index contributed by atoms with van der Waals surface area (Å²) in [7, 11) is 0. The summed E-state index contributed by atoms with van der Waals surface area (Å²) >= 11 is 0. The molecule has 42 heavy (non-hydrogen) atoms. The number of carbonyl (C=O) groups excluding carboxylic acids is 3. The highest BCUT2D eigenvalue weighted by molar-refractivity contribution is 6.14. The lowest BCUT2D eigenvalue weighted by atomic mass is 9.69. The molecule has 4 aromatic carbocycles. The number of likely N-dealkylation sites (tertiary alicyclic amines) is 1. The number of nitrogens with one attached hydrogen (secondary N) is 1. The maximum atomic E-state index is 14.8. The largest absolute Gasteiger partial charge is 0.323 e. The Balaban J connectivity index is 1.58. The van der Waals surface area contributed by atoms with Crippen LogP contribution in [0.4, 0.5) is 5.69 Å². The normalized spacial score (nSPS) is 22.6. The van der Waals surface area contributed by atoms with Crippen LogP contribution in [-0.2, 0) is 21.5 Å². The zero-order chi connectivity index (χ0) is 29.1. The third kappa shape index (κ3) is 4.63. The summed E-state index contributed by atoms with van der Waals surface area (Å²) in [5, 5.41) is 3.09. The minimum Gasteiger partial charge on any atom is -0.323 e. The van der Waals surface area contributed by atoms with Crippen LogP contribution in [0.5, 0.6) is 0 Å². The molecule has 1 saturated heterocycles. The van der Waals surface area contributed by atoms with Crippen LogP contribution in [0.25, 0.3) is 0 Å². The van der Waals surface area contributed by atoms with E-state index in [1.165, 1.54) is 0 Å². The molecule has 4 atom stereocenters. The van der Waals surface area contributed by atoms with Gasteiger partial charge in [0.15, 0.2) is 11.3 Å². The number of para-hydroxylation sites is 1. The molecule has 6 rings (SSSR count). The average molecular weight is 557 g/mol. The number of hydrogen-bond acceptors (Lipinski definition) is 3. The number of ketones is 1. The first-order valence-corrected chi connectivity index (χ1v) is 15.0. The lowest BCUT2D eigenvalue weighted by Crippen LogP contribution is -2.56. The molecule has 2 aliphatic heterocycles. The van der Waals surface area contributed by atoms with E-state index < -0.39 is 11.5 Å². The number of fused-ring (bicyclic) bond motifs is 2. The molecule has 2 amide bonds. The SMILES string of the molecule is CCCCC1C(c2ccccc2)C(C(=O)c2ccccc2)C2(C(=O)Nc3ccccc32)N1C(=O)CCc1ccccc1. The van der Waals surface area contributed by atoms with Crippen LogP contribution in [0.2, 0.25) is 0 Å². The Morgan fingerprint density at radius 1 is 0.810 bits per heavy atom. The van der Waals surface area contributed by atoms with E-state index in [4.69, 9.17) is 0 Å². The monoisotopic (exact) mass is 556 g/mol. The summed E-state index contributed by atoms with van der Waals surface area (Å²) in [6.45, 7) is 2.13. The van der Waals surface area contributed by atoms with Crippen LogP contribution in [0.15, 0.2) is 115 Å². The minimum absolute atomic E-state index is 0.101. The van der Waals surface area contributed by atoms with Crippen LogP contribution in [0.1, 0.15) is 65.6 Å². The Bertz CT molecular complexity index is 1570. The molecule has 5 heteroatoms. The van der Waals surface area contributed by atoms with Crippen LogP contribution < -0.4 is 5.32 Å². The van der Waals surface area contributed by atoms with Crippen molar-refractivity contribution in [2.75, 3.05) is 5.32 Å². The van der Waals surface area contributed by atoms with Gasteiger partial charge in [-0.2, -0.15) is 0 Å². The molecular weight excluding hydrogens is 520 g/mol. The Labute approximate surface area is 247 Å². The zero-order valence-electron chi connectivity index (χ0n) is 23.9. The molecule has 1 spiro atoms. The van der Waals surface area contributed by atoms with Gasteiger partial charge in [-0.25, -0.2) is 0 Å². The zero-order valence-corrected chi connectivity index (χ0v) is 23.9. The van der Waals surface area contributed by atoms with Gasteiger partial charge in [0.05, 0.1) is 5.92 Å². The number of rotatable bonds is 9. The number of nitrogens with zero attached hydrogens (tertiary/aromatic N) is 1. The Morgan fingerprint density at radius 3 is 2.12 bits per heavy atom. The molecule has 1 fully saturated rings. The maximum absolute atomic E-state index is 14.8. The van der Waals surface area contributed by atoms with Crippen molar-refractivity contribution in [3.05, 3.63) is 138 Å². The van der Waals surface area contributed by atoms with Gasteiger partial charge in [-0.1, -0.05) is 129 Å². The van der Waals surface area contributed by atoms with Crippen molar-refractivity contribution in [3.8, 4) is 0 Å². The van der Waals surface area contributed by atoms with Gasteiger partial charge >= 0.3 is 0 Å². The number of anilines is 1. The summed E-state index contributed by atoms with van der Waals surface area (Å²) in [5.74, 6) is -1.67. The second-order valence-corrected chi connectivity index (χ2v) is 11.4. The van der Waals surface area contributed by atoms with Crippen LogP contribution >= 0.6 is 0 Å². The van der Waals surface area contributed by atoms with Crippen LogP contribution in [-0.4, -0.2) is 28.5 Å². The molecule has 0 aliphatic carbocycles. The first-order valence-electron chi connectivity index (χ1n) is 15.0. The molecule has 212 valence electrons. The molecular formula is C37H36N2O3. The van der Waals surface area contributed by atoms with Gasteiger partial charge in [0.25, 0.3) is 5.91 Å². The van der Waals surface area contributed by atoms with E-state index in [1.807, 2.05) is 120 Å². The summed E-state index contributed by atoms with van der Waals surface area (Å²) in [5.41, 5.74) is 2.50. The topological polar surface area (TPSA) is 66.5 Å². The fraction of sp³-hybridized carbons (Fsp3) is 0.270. The van der Waals surface area contributed by atoms with E-state index in [-0.39, 0.29) is 36.0 Å². The molecule has 2 heterocycles. The smallest absolute Gasteiger partial charge is 0.255 e.